The molecule has 0 spiro atoms. The van der Waals surface area contributed by atoms with Crippen molar-refractivity contribution in [1.29, 1.82) is 0 Å². The lowest BCUT2D eigenvalue weighted by Crippen LogP contribution is -2.46. The SMILES string of the molecule is CC(C)NC(=O)CNC(=O)C(N)CCS(C)(=O)=O. The average Bonchev–Trinajstić information content (AvgIpc) is 2.20. The van der Waals surface area contributed by atoms with Crippen molar-refractivity contribution in [2.45, 2.75) is 32.4 Å². The smallest absolute Gasteiger partial charge is 0.239 e. The fourth-order valence-electron chi connectivity index (χ4n) is 1.14. The Morgan fingerprint density at radius 2 is 1.83 bits per heavy atom. The first-order valence-electron chi connectivity index (χ1n) is 5.62. The molecule has 0 saturated carbocycles. The average molecular weight is 279 g/mol. The van der Waals surface area contributed by atoms with Gasteiger partial charge in [-0.05, 0) is 20.3 Å². The molecule has 2 amide bonds. The largest absolute Gasteiger partial charge is 0.352 e. The van der Waals surface area contributed by atoms with E-state index in [1.807, 2.05) is 0 Å². The summed E-state index contributed by atoms with van der Waals surface area (Å²) >= 11 is 0. The maximum Gasteiger partial charge on any atom is 0.239 e. The molecule has 0 aromatic rings. The highest BCUT2D eigenvalue weighted by Crippen LogP contribution is 1.93. The lowest BCUT2D eigenvalue weighted by atomic mass is 10.2. The molecule has 0 aliphatic heterocycles. The number of hydrogen-bond donors (Lipinski definition) is 3. The zero-order chi connectivity index (χ0) is 14.3. The van der Waals surface area contributed by atoms with Gasteiger partial charge in [0, 0.05) is 12.3 Å². The van der Waals surface area contributed by atoms with Crippen LogP contribution in [-0.4, -0.2) is 50.9 Å². The van der Waals surface area contributed by atoms with Crippen molar-refractivity contribution in [1.82, 2.24) is 10.6 Å². The van der Waals surface area contributed by atoms with Crippen LogP contribution in [0.4, 0.5) is 0 Å². The van der Waals surface area contributed by atoms with Gasteiger partial charge in [0.05, 0.1) is 18.3 Å². The first-order valence-corrected chi connectivity index (χ1v) is 7.68. The number of rotatable bonds is 7. The lowest BCUT2D eigenvalue weighted by Gasteiger charge is -2.12. The zero-order valence-electron chi connectivity index (χ0n) is 10.9. The molecule has 0 rings (SSSR count). The van der Waals surface area contributed by atoms with Crippen LogP contribution >= 0.6 is 0 Å². The molecule has 0 bridgehead atoms. The molecule has 0 aromatic heterocycles. The van der Waals surface area contributed by atoms with E-state index >= 15 is 0 Å². The van der Waals surface area contributed by atoms with E-state index in [9.17, 15) is 18.0 Å². The van der Waals surface area contributed by atoms with E-state index in [1.54, 1.807) is 13.8 Å². The van der Waals surface area contributed by atoms with Crippen LogP contribution in [0.3, 0.4) is 0 Å². The number of hydrogen-bond acceptors (Lipinski definition) is 5. The Morgan fingerprint density at radius 3 is 2.28 bits per heavy atom. The summed E-state index contributed by atoms with van der Waals surface area (Å²) in [5, 5.41) is 4.96. The number of nitrogens with two attached hydrogens (primary N) is 1. The van der Waals surface area contributed by atoms with Gasteiger partial charge < -0.3 is 16.4 Å². The lowest BCUT2D eigenvalue weighted by molar-refractivity contribution is -0.127. The minimum Gasteiger partial charge on any atom is -0.352 e. The van der Waals surface area contributed by atoms with E-state index in [-0.39, 0.29) is 30.7 Å². The van der Waals surface area contributed by atoms with Crippen LogP contribution in [0, 0.1) is 0 Å². The van der Waals surface area contributed by atoms with E-state index < -0.39 is 21.8 Å². The number of amides is 2. The molecule has 0 saturated heterocycles. The van der Waals surface area contributed by atoms with Crippen LogP contribution in [0.15, 0.2) is 0 Å². The van der Waals surface area contributed by atoms with Gasteiger partial charge in [0.1, 0.15) is 9.84 Å². The van der Waals surface area contributed by atoms with Crippen molar-refractivity contribution >= 4 is 21.7 Å². The molecule has 0 heterocycles. The van der Waals surface area contributed by atoms with Crippen LogP contribution in [0.5, 0.6) is 0 Å². The Hall–Kier alpha value is -1.15. The Balaban J connectivity index is 3.98. The highest BCUT2D eigenvalue weighted by atomic mass is 32.2. The van der Waals surface area contributed by atoms with Crippen LogP contribution in [0.2, 0.25) is 0 Å². The molecular formula is C10H21N3O4S. The second-order valence-electron chi connectivity index (χ2n) is 4.47. The molecule has 8 heteroatoms. The standard InChI is InChI=1S/C10H21N3O4S/c1-7(2)13-9(14)6-12-10(15)8(11)4-5-18(3,16)17/h7-8H,4-6,11H2,1-3H3,(H,12,15)(H,13,14). The molecule has 0 aliphatic rings. The van der Waals surface area contributed by atoms with Crippen LogP contribution in [-0.2, 0) is 19.4 Å². The molecule has 0 aliphatic carbocycles. The second-order valence-corrected chi connectivity index (χ2v) is 6.72. The van der Waals surface area contributed by atoms with Crippen LogP contribution in [0.1, 0.15) is 20.3 Å². The predicted molar refractivity (Wildman–Crippen MR) is 68.6 cm³/mol. The van der Waals surface area contributed by atoms with Gasteiger partial charge in [0.25, 0.3) is 0 Å². The van der Waals surface area contributed by atoms with E-state index in [0.717, 1.165) is 6.26 Å². The molecular weight excluding hydrogens is 258 g/mol. The maximum atomic E-state index is 11.4. The maximum absolute atomic E-state index is 11.4. The summed E-state index contributed by atoms with van der Waals surface area (Å²) in [6, 6.07) is -0.931. The van der Waals surface area contributed by atoms with Gasteiger partial charge in [-0.1, -0.05) is 0 Å². The Morgan fingerprint density at radius 1 is 1.28 bits per heavy atom. The summed E-state index contributed by atoms with van der Waals surface area (Å²) in [6.45, 7) is 3.44. The van der Waals surface area contributed by atoms with Crippen LogP contribution < -0.4 is 16.4 Å². The van der Waals surface area contributed by atoms with Gasteiger partial charge in [0.2, 0.25) is 11.8 Å². The van der Waals surface area contributed by atoms with Crippen molar-refractivity contribution in [3.8, 4) is 0 Å². The first kappa shape index (κ1) is 16.9. The minimum absolute atomic E-state index is 0.00619. The summed E-state index contributed by atoms with van der Waals surface area (Å²) < 4.78 is 21.8. The van der Waals surface area contributed by atoms with Gasteiger partial charge >= 0.3 is 0 Å². The fraction of sp³-hybridized carbons (Fsp3) is 0.800. The molecule has 7 nitrogen and oxygen atoms in total. The third kappa shape index (κ3) is 8.94. The Labute approximate surface area is 107 Å². The van der Waals surface area contributed by atoms with E-state index in [0.29, 0.717) is 0 Å². The van der Waals surface area contributed by atoms with Crippen molar-refractivity contribution < 1.29 is 18.0 Å². The highest BCUT2D eigenvalue weighted by molar-refractivity contribution is 7.90. The summed E-state index contributed by atoms with van der Waals surface area (Å²) in [4.78, 5) is 22.7. The van der Waals surface area contributed by atoms with Gasteiger partial charge in [-0.25, -0.2) is 8.42 Å². The number of nitrogens with one attached hydrogen (secondary N) is 2. The molecule has 106 valence electrons. The summed E-state index contributed by atoms with van der Waals surface area (Å²) in [7, 11) is -3.14. The molecule has 0 aromatic carbocycles. The van der Waals surface area contributed by atoms with Crippen molar-refractivity contribution in [2.75, 3.05) is 18.6 Å². The number of carbonyl (C=O) groups is 2. The Kier molecular flexibility index (Phi) is 6.85. The van der Waals surface area contributed by atoms with Gasteiger partial charge in [0.15, 0.2) is 0 Å². The van der Waals surface area contributed by atoms with Gasteiger partial charge in [-0.2, -0.15) is 0 Å². The molecule has 1 unspecified atom stereocenters. The van der Waals surface area contributed by atoms with Crippen molar-refractivity contribution in [3.63, 3.8) is 0 Å². The summed E-state index contributed by atoms with van der Waals surface area (Å²) in [5.74, 6) is -0.994. The zero-order valence-corrected chi connectivity index (χ0v) is 11.7. The molecule has 1 atom stereocenters. The minimum atomic E-state index is -3.14. The third-order valence-electron chi connectivity index (χ3n) is 2.01. The van der Waals surface area contributed by atoms with Gasteiger partial charge in [-0.3, -0.25) is 9.59 Å². The molecule has 4 N–H and O–H groups in total. The third-order valence-corrected chi connectivity index (χ3v) is 2.99. The molecule has 0 fully saturated rings. The summed E-state index contributed by atoms with van der Waals surface area (Å²) in [6.07, 6.45) is 1.12. The fourth-order valence-corrected chi connectivity index (χ4v) is 1.83. The molecule has 0 radical (unpaired) electrons. The topological polar surface area (TPSA) is 118 Å². The number of carbonyl (C=O) groups excluding carboxylic acids is 2. The van der Waals surface area contributed by atoms with Crippen LogP contribution in [0.25, 0.3) is 0 Å². The monoisotopic (exact) mass is 279 g/mol. The van der Waals surface area contributed by atoms with E-state index in [2.05, 4.69) is 10.6 Å². The van der Waals surface area contributed by atoms with E-state index in [1.165, 1.54) is 0 Å². The highest BCUT2D eigenvalue weighted by Gasteiger charge is 2.16. The summed E-state index contributed by atoms with van der Waals surface area (Å²) in [5.41, 5.74) is 5.50. The van der Waals surface area contributed by atoms with Gasteiger partial charge in [-0.15, -0.1) is 0 Å². The quantitative estimate of drug-likeness (QED) is 0.518. The Bertz CT molecular complexity index is 392. The number of sulfone groups is 1. The van der Waals surface area contributed by atoms with Crippen molar-refractivity contribution in [2.24, 2.45) is 5.73 Å². The first-order chi connectivity index (χ1) is 8.11. The molecule has 18 heavy (non-hydrogen) atoms. The second kappa shape index (κ2) is 7.32. The van der Waals surface area contributed by atoms with Crippen molar-refractivity contribution in [3.05, 3.63) is 0 Å². The predicted octanol–water partition coefficient (Wildman–Crippen LogP) is -1.61. The van der Waals surface area contributed by atoms with E-state index in [4.69, 9.17) is 5.73 Å². The normalized spacial score (nSPS) is 13.2.